The highest BCUT2D eigenvalue weighted by Gasteiger charge is 2.30. The van der Waals surface area contributed by atoms with E-state index in [9.17, 15) is 12.8 Å². The highest BCUT2D eigenvalue weighted by Crippen LogP contribution is 2.37. The largest absolute Gasteiger partial charge is 0.324 e. The molecule has 0 saturated heterocycles. The predicted octanol–water partition coefficient (Wildman–Crippen LogP) is 5.24. The maximum Gasteiger partial charge on any atom is 0.264 e. The molecule has 4 aromatic rings. The van der Waals surface area contributed by atoms with Crippen LogP contribution in [0.2, 0.25) is 5.02 Å². The van der Waals surface area contributed by atoms with E-state index in [0.29, 0.717) is 5.70 Å². The molecule has 1 aliphatic rings. The number of hydrogen-bond donors (Lipinski definition) is 2. The van der Waals surface area contributed by atoms with E-state index in [-0.39, 0.29) is 27.4 Å². The zero-order valence-electron chi connectivity index (χ0n) is 17.9. The van der Waals surface area contributed by atoms with E-state index >= 15 is 0 Å². The van der Waals surface area contributed by atoms with Gasteiger partial charge in [-0.25, -0.2) is 22.2 Å². The summed E-state index contributed by atoms with van der Waals surface area (Å²) < 4.78 is 44.3. The minimum absolute atomic E-state index is 0.0721. The molecule has 2 heterocycles. The quantitative estimate of drug-likeness (QED) is 0.395. The van der Waals surface area contributed by atoms with Gasteiger partial charge in [0, 0.05) is 16.3 Å². The second kappa shape index (κ2) is 8.58. The number of aryl methyl sites for hydroxylation is 1. The van der Waals surface area contributed by atoms with E-state index in [1.807, 2.05) is 31.2 Å². The molecule has 3 aromatic carbocycles. The Labute approximate surface area is 201 Å². The van der Waals surface area contributed by atoms with Gasteiger partial charge >= 0.3 is 0 Å². The topological polar surface area (TPSA) is 88.9 Å². The lowest BCUT2D eigenvalue weighted by molar-refractivity contribution is 0.552. The summed E-state index contributed by atoms with van der Waals surface area (Å²) in [6.45, 7) is 1.98. The summed E-state index contributed by atoms with van der Waals surface area (Å²) in [7, 11) is -3.91. The van der Waals surface area contributed by atoms with Gasteiger partial charge < -0.3 is 5.32 Å². The Bertz CT molecular complexity index is 1480. The third-order valence-corrected chi connectivity index (χ3v) is 7.08. The number of fused-ring (bicyclic) bond motifs is 1. The lowest BCUT2D eigenvalue weighted by atomic mass is 10.0. The first kappa shape index (κ1) is 22.1. The van der Waals surface area contributed by atoms with Crippen LogP contribution in [0, 0.1) is 12.7 Å². The number of benzene rings is 3. The summed E-state index contributed by atoms with van der Waals surface area (Å²) in [6.07, 6.45) is 1.78. The number of halogens is 2. The van der Waals surface area contributed by atoms with Gasteiger partial charge in [0.2, 0.25) is 5.95 Å². The maximum absolute atomic E-state index is 14.9. The Balaban J connectivity index is 1.59. The van der Waals surface area contributed by atoms with Crippen molar-refractivity contribution in [2.24, 2.45) is 0 Å². The average molecular weight is 496 g/mol. The predicted molar refractivity (Wildman–Crippen MR) is 130 cm³/mol. The molecule has 172 valence electrons. The van der Waals surface area contributed by atoms with Gasteiger partial charge in [0.1, 0.15) is 11.9 Å². The van der Waals surface area contributed by atoms with Crippen molar-refractivity contribution in [3.63, 3.8) is 0 Å². The van der Waals surface area contributed by atoms with E-state index in [1.54, 1.807) is 30.3 Å². The summed E-state index contributed by atoms with van der Waals surface area (Å²) in [5, 5.41) is 7.72. The molecule has 0 aliphatic carbocycles. The molecule has 0 bridgehead atoms. The fourth-order valence-electron chi connectivity index (χ4n) is 3.72. The van der Waals surface area contributed by atoms with Crippen molar-refractivity contribution in [3.8, 4) is 0 Å². The zero-order valence-corrected chi connectivity index (χ0v) is 19.5. The second-order valence-corrected chi connectivity index (χ2v) is 9.86. The summed E-state index contributed by atoms with van der Waals surface area (Å²) in [4.78, 5) is 4.41. The van der Waals surface area contributed by atoms with Crippen molar-refractivity contribution in [2.75, 3.05) is 10.0 Å². The van der Waals surface area contributed by atoms with Crippen LogP contribution in [0.25, 0.3) is 5.70 Å². The first-order chi connectivity index (χ1) is 16.3. The van der Waals surface area contributed by atoms with Crippen LogP contribution in [0.15, 0.2) is 83.8 Å². The lowest BCUT2D eigenvalue weighted by Crippen LogP contribution is -2.21. The first-order valence-electron chi connectivity index (χ1n) is 10.4. The van der Waals surface area contributed by atoms with Crippen molar-refractivity contribution < 1.29 is 12.8 Å². The number of allylic oxidation sites excluding steroid dienone is 1. The molecule has 0 fully saturated rings. The van der Waals surface area contributed by atoms with Gasteiger partial charge in [-0.2, -0.15) is 4.98 Å². The number of anilines is 2. The molecule has 0 spiro atoms. The Morgan fingerprint density at radius 3 is 2.47 bits per heavy atom. The van der Waals surface area contributed by atoms with Crippen molar-refractivity contribution in [1.82, 2.24) is 14.8 Å². The van der Waals surface area contributed by atoms with E-state index in [0.717, 1.165) is 11.1 Å². The summed E-state index contributed by atoms with van der Waals surface area (Å²) in [6, 6.07) is 19.4. The highest BCUT2D eigenvalue weighted by molar-refractivity contribution is 7.92. The molecule has 1 atom stereocenters. The van der Waals surface area contributed by atoms with Crippen molar-refractivity contribution in [3.05, 3.63) is 106 Å². The van der Waals surface area contributed by atoms with Crippen molar-refractivity contribution in [2.45, 2.75) is 17.9 Å². The number of hydrogen-bond acceptors (Lipinski definition) is 5. The Morgan fingerprint density at radius 1 is 1.03 bits per heavy atom. The molecule has 0 unspecified atom stereocenters. The highest BCUT2D eigenvalue weighted by atomic mass is 35.5. The smallest absolute Gasteiger partial charge is 0.264 e. The van der Waals surface area contributed by atoms with Crippen molar-refractivity contribution >= 4 is 39.2 Å². The van der Waals surface area contributed by atoms with E-state index in [4.69, 9.17) is 11.6 Å². The van der Waals surface area contributed by atoms with Gasteiger partial charge in [0.05, 0.1) is 4.90 Å². The number of sulfonamides is 1. The monoisotopic (exact) mass is 495 g/mol. The standard InChI is InChI=1S/C24H19ClFN5O2S/c1-15-10-12-16(13-11-15)20-14-21(22-18(25)8-5-9-19(22)26)31-24(27-20)28-23(29-31)30-34(32,33)17-6-3-2-4-7-17/h2-14,21H,1H3,(H2,27,28,29,30)/t21-/m1/s1. The third kappa shape index (κ3) is 4.15. The van der Waals surface area contributed by atoms with Crippen LogP contribution in [-0.4, -0.2) is 23.2 Å². The molecule has 5 rings (SSSR count). The number of nitrogens with one attached hydrogen (secondary N) is 2. The minimum Gasteiger partial charge on any atom is -0.324 e. The van der Waals surface area contributed by atoms with E-state index in [1.165, 1.54) is 28.9 Å². The maximum atomic E-state index is 14.9. The first-order valence-corrected chi connectivity index (χ1v) is 12.2. The molecular weight excluding hydrogens is 477 g/mol. The normalized spacial score (nSPS) is 15.3. The molecule has 34 heavy (non-hydrogen) atoms. The SMILES string of the molecule is Cc1ccc(C2=C[C@H](c3c(F)cccc3Cl)n3nc(NS(=O)(=O)c4ccccc4)nc3N2)cc1. The van der Waals surface area contributed by atoms with E-state index in [2.05, 4.69) is 20.1 Å². The Morgan fingerprint density at radius 2 is 1.76 bits per heavy atom. The number of aromatic nitrogens is 3. The molecule has 7 nitrogen and oxygen atoms in total. The summed E-state index contributed by atoms with van der Waals surface area (Å²) >= 11 is 6.37. The average Bonchev–Trinajstić information content (AvgIpc) is 3.21. The van der Waals surface area contributed by atoms with Crippen LogP contribution in [0.1, 0.15) is 22.7 Å². The molecule has 1 aliphatic heterocycles. The molecule has 10 heteroatoms. The lowest BCUT2D eigenvalue weighted by Gasteiger charge is -2.25. The molecule has 2 N–H and O–H groups in total. The fourth-order valence-corrected chi connectivity index (χ4v) is 4.95. The van der Waals surface area contributed by atoms with Crippen LogP contribution in [-0.2, 0) is 10.0 Å². The van der Waals surface area contributed by atoms with Crippen LogP contribution < -0.4 is 10.0 Å². The van der Waals surface area contributed by atoms with E-state index < -0.39 is 21.9 Å². The van der Waals surface area contributed by atoms with Gasteiger partial charge in [-0.3, -0.25) is 0 Å². The van der Waals surface area contributed by atoms with Gasteiger partial charge in [-0.05, 0) is 42.8 Å². The van der Waals surface area contributed by atoms with Crippen LogP contribution >= 0.6 is 11.6 Å². The summed E-state index contributed by atoms with van der Waals surface area (Å²) in [5.41, 5.74) is 2.82. The van der Waals surface area contributed by atoms with Crippen LogP contribution in [0.4, 0.5) is 16.3 Å². The second-order valence-electron chi connectivity index (χ2n) is 7.77. The number of rotatable bonds is 5. The molecule has 1 aromatic heterocycles. The zero-order chi connectivity index (χ0) is 23.9. The summed E-state index contributed by atoms with van der Waals surface area (Å²) in [5.74, 6) is -0.415. The Hall–Kier alpha value is -3.69. The van der Waals surface area contributed by atoms with Gasteiger partial charge in [-0.15, -0.1) is 5.10 Å². The van der Waals surface area contributed by atoms with Gasteiger partial charge in [0.25, 0.3) is 16.0 Å². The van der Waals surface area contributed by atoms with Crippen LogP contribution in [0.3, 0.4) is 0 Å². The van der Waals surface area contributed by atoms with Gasteiger partial charge in [-0.1, -0.05) is 65.7 Å². The van der Waals surface area contributed by atoms with Crippen LogP contribution in [0.5, 0.6) is 0 Å². The number of nitrogens with zero attached hydrogens (tertiary/aromatic N) is 3. The van der Waals surface area contributed by atoms with Gasteiger partial charge in [0.15, 0.2) is 0 Å². The molecule has 0 amide bonds. The van der Waals surface area contributed by atoms with Crippen molar-refractivity contribution in [1.29, 1.82) is 0 Å². The minimum atomic E-state index is -3.91. The molecular formula is C24H19ClFN5O2S. The Kier molecular flexibility index (Phi) is 5.59. The molecule has 0 radical (unpaired) electrons. The third-order valence-electron chi connectivity index (χ3n) is 5.40. The fraction of sp³-hybridized carbons (Fsp3) is 0.0833. The molecule has 0 saturated carbocycles.